The predicted molar refractivity (Wildman–Crippen MR) is 44.2 cm³/mol. The van der Waals surface area contributed by atoms with Crippen molar-refractivity contribution in [1.82, 2.24) is 4.37 Å². The number of carbonyl (C=O) groups is 1. The fraction of sp³-hybridized carbons (Fsp3) is 0.429. The average molecular weight is 187 g/mol. The van der Waals surface area contributed by atoms with Crippen LogP contribution in [0.1, 0.15) is 17.2 Å². The lowest BCUT2D eigenvalue weighted by Crippen LogP contribution is -2.11. The van der Waals surface area contributed by atoms with Gasteiger partial charge in [-0.15, -0.1) is 0 Å². The third-order valence-electron chi connectivity index (χ3n) is 1.52. The number of rotatable bonds is 4. The molecule has 66 valence electrons. The second-order valence-electron chi connectivity index (χ2n) is 2.32. The minimum atomic E-state index is -0.909. The van der Waals surface area contributed by atoms with Gasteiger partial charge in [-0.2, -0.15) is 0 Å². The van der Waals surface area contributed by atoms with E-state index in [-0.39, 0.29) is 13.0 Å². The van der Waals surface area contributed by atoms with Crippen molar-refractivity contribution >= 4 is 17.5 Å². The summed E-state index contributed by atoms with van der Waals surface area (Å²) in [7, 11) is 0. The molecule has 0 aliphatic rings. The highest BCUT2D eigenvalue weighted by Gasteiger charge is 2.20. The van der Waals surface area contributed by atoms with E-state index >= 15 is 0 Å². The van der Waals surface area contributed by atoms with Crippen molar-refractivity contribution in [3.63, 3.8) is 0 Å². The predicted octanol–water partition coefficient (Wildman–Crippen LogP) is 0.694. The highest BCUT2D eigenvalue weighted by atomic mass is 32.1. The monoisotopic (exact) mass is 187 g/mol. The van der Waals surface area contributed by atoms with Gasteiger partial charge in [0, 0.05) is 17.7 Å². The largest absolute Gasteiger partial charge is 0.481 e. The van der Waals surface area contributed by atoms with Gasteiger partial charge in [-0.3, -0.25) is 4.79 Å². The fourth-order valence-corrected chi connectivity index (χ4v) is 1.63. The first-order valence-corrected chi connectivity index (χ1v) is 4.27. The molecule has 0 aromatic carbocycles. The Kier molecular flexibility index (Phi) is 3.19. The van der Waals surface area contributed by atoms with E-state index in [1.54, 1.807) is 12.3 Å². The maximum Gasteiger partial charge on any atom is 0.311 e. The summed E-state index contributed by atoms with van der Waals surface area (Å²) in [6.07, 6.45) is 1.81. The van der Waals surface area contributed by atoms with Crippen LogP contribution in [0, 0.1) is 0 Å². The van der Waals surface area contributed by atoms with Crippen LogP contribution < -0.4 is 0 Å². The maximum atomic E-state index is 10.7. The second-order valence-corrected chi connectivity index (χ2v) is 3.18. The topological polar surface area (TPSA) is 70.4 Å². The number of aliphatic hydroxyl groups is 1. The third-order valence-corrected chi connectivity index (χ3v) is 2.38. The van der Waals surface area contributed by atoms with Crippen molar-refractivity contribution < 1.29 is 15.0 Å². The normalized spacial score (nSPS) is 12.8. The molecule has 0 bridgehead atoms. The van der Waals surface area contributed by atoms with Crippen molar-refractivity contribution in [2.75, 3.05) is 6.61 Å². The number of carboxylic acids is 1. The van der Waals surface area contributed by atoms with Crippen molar-refractivity contribution in [3.05, 3.63) is 17.1 Å². The van der Waals surface area contributed by atoms with Crippen LogP contribution in [-0.2, 0) is 4.79 Å². The zero-order chi connectivity index (χ0) is 8.97. The Labute approximate surface area is 73.6 Å². The molecular weight excluding hydrogens is 178 g/mol. The van der Waals surface area contributed by atoms with Crippen LogP contribution in [0.4, 0.5) is 0 Å². The zero-order valence-corrected chi connectivity index (χ0v) is 7.12. The summed E-state index contributed by atoms with van der Waals surface area (Å²) in [5.74, 6) is -1.52. The number of aliphatic carboxylic acids is 1. The molecule has 0 saturated heterocycles. The zero-order valence-electron chi connectivity index (χ0n) is 6.30. The summed E-state index contributed by atoms with van der Waals surface area (Å²) < 4.78 is 3.80. The van der Waals surface area contributed by atoms with E-state index in [0.717, 1.165) is 11.5 Å². The Balaban J connectivity index is 2.73. The summed E-state index contributed by atoms with van der Waals surface area (Å²) >= 11 is 1.16. The molecule has 1 rings (SSSR count). The minimum Gasteiger partial charge on any atom is -0.481 e. The van der Waals surface area contributed by atoms with Crippen LogP contribution >= 0.6 is 11.5 Å². The smallest absolute Gasteiger partial charge is 0.311 e. The number of aliphatic hydroxyl groups excluding tert-OH is 1. The number of hydrogen-bond donors (Lipinski definition) is 2. The molecule has 1 heterocycles. The number of hydrogen-bond acceptors (Lipinski definition) is 4. The van der Waals surface area contributed by atoms with E-state index < -0.39 is 11.9 Å². The molecule has 1 atom stereocenters. The molecule has 1 aromatic rings. The summed E-state index contributed by atoms with van der Waals surface area (Å²) in [6.45, 7) is -0.116. The van der Waals surface area contributed by atoms with Crippen LogP contribution in [0.25, 0.3) is 0 Å². The van der Waals surface area contributed by atoms with Crippen molar-refractivity contribution in [3.8, 4) is 0 Å². The number of carboxylic acid groups (broad SMARTS) is 1. The molecule has 0 saturated carbocycles. The van der Waals surface area contributed by atoms with Crippen LogP contribution in [0.15, 0.2) is 12.3 Å². The first-order chi connectivity index (χ1) is 5.75. The third kappa shape index (κ3) is 2.02. The number of aromatic nitrogens is 1. The molecule has 0 radical (unpaired) electrons. The molecule has 0 aliphatic heterocycles. The molecular formula is C7H9NO3S. The van der Waals surface area contributed by atoms with Crippen LogP contribution in [0.2, 0.25) is 0 Å². The van der Waals surface area contributed by atoms with Gasteiger partial charge in [0.15, 0.2) is 0 Å². The SMILES string of the molecule is O=C(O)C(CCO)c1ccns1. The molecule has 0 amide bonds. The Bertz CT molecular complexity index is 247. The van der Waals surface area contributed by atoms with E-state index in [1.807, 2.05) is 0 Å². The van der Waals surface area contributed by atoms with Gasteiger partial charge in [0.25, 0.3) is 0 Å². The summed E-state index contributed by atoms with van der Waals surface area (Å²) in [5, 5.41) is 17.3. The van der Waals surface area contributed by atoms with Gasteiger partial charge in [-0.05, 0) is 24.0 Å². The van der Waals surface area contributed by atoms with Crippen LogP contribution in [-0.4, -0.2) is 27.2 Å². The molecule has 0 aliphatic carbocycles. The Morgan fingerprint density at radius 1 is 1.75 bits per heavy atom. The van der Waals surface area contributed by atoms with E-state index in [4.69, 9.17) is 10.2 Å². The van der Waals surface area contributed by atoms with Crippen molar-refractivity contribution in [2.24, 2.45) is 0 Å². The lowest BCUT2D eigenvalue weighted by Gasteiger charge is -2.06. The first kappa shape index (κ1) is 9.15. The average Bonchev–Trinajstić information content (AvgIpc) is 2.51. The van der Waals surface area contributed by atoms with Gasteiger partial charge < -0.3 is 10.2 Å². The molecule has 5 heteroatoms. The lowest BCUT2D eigenvalue weighted by atomic mass is 10.1. The van der Waals surface area contributed by atoms with Crippen LogP contribution in [0.5, 0.6) is 0 Å². The maximum absolute atomic E-state index is 10.7. The quantitative estimate of drug-likeness (QED) is 0.727. The molecule has 1 aromatic heterocycles. The summed E-state index contributed by atoms with van der Waals surface area (Å²) in [6, 6.07) is 1.67. The van der Waals surface area contributed by atoms with Crippen LogP contribution in [0.3, 0.4) is 0 Å². The van der Waals surface area contributed by atoms with Crippen molar-refractivity contribution in [1.29, 1.82) is 0 Å². The lowest BCUT2D eigenvalue weighted by molar-refractivity contribution is -0.139. The molecule has 1 unspecified atom stereocenters. The van der Waals surface area contributed by atoms with Gasteiger partial charge in [0.1, 0.15) is 0 Å². The molecule has 2 N–H and O–H groups in total. The summed E-state index contributed by atoms with van der Waals surface area (Å²) in [4.78, 5) is 11.3. The second kappa shape index (κ2) is 4.18. The van der Waals surface area contributed by atoms with E-state index in [0.29, 0.717) is 4.88 Å². The number of nitrogens with zero attached hydrogens (tertiary/aromatic N) is 1. The van der Waals surface area contributed by atoms with Gasteiger partial charge in [0.2, 0.25) is 0 Å². The Hall–Kier alpha value is -0.940. The van der Waals surface area contributed by atoms with E-state index in [9.17, 15) is 4.79 Å². The van der Waals surface area contributed by atoms with Gasteiger partial charge >= 0.3 is 5.97 Å². The molecule has 0 spiro atoms. The molecule has 4 nitrogen and oxygen atoms in total. The van der Waals surface area contributed by atoms with E-state index in [2.05, 4.69) is 4.37 Å². The minimum absolute atomic E-state index is 0.116. The Morgan fingerprint density at radius 3 is 2.92 bits per heavy atom. The van der Waals surface area contributed by atoms with Gasteiger partial charge in [0.05, 0.1) is 5.92 Å². The molecule has 0 fully saturated rings. The Morgan fingerprint density at radius 2 is 2.50 bits per heavy atom. The fourth-order valence-electron chi connectivity index (χ4n) is 0.922. The molecule has 12 heavy (non-hydrogen) atoms. The van der Waals surface area contributed by atoms with Gasteiger partial charge in [-0.25, -0.2) is 4.37 Å². The van der Waals surface area contributed by atoms with Crippen molar-refractivity contribution in [2.45, 2.75) is 12.3 Å². The first-order valence-electron chi connectivity index (χ1n) is 3.50. The highest BCUT2D eigenvalue weighted by molar-refractivity contribution is 7.05. The van der Waals surface area contributed by atoms with Gasteiger partial charge in [-0.1, -0.05) is 0 Å². The summed E-state index contributed by atoms with van der Waals surface area (Å²) in [5.41, 5.74) is 0. The highest BCUT2D eigenvalue weighted by Crippen LogP contribution is 2.22. The van der Waals surface area contributed by atoms with E-state index in [1.165, 1.54) is 0 Å². The standard InChI is InChI=1S/C7H9NO3S/c9-4-2-5(7(10)11)6-1-3-8-12-6/h1,3,5,9H,2,4H2,(H,10,11).